The molecule has 1 saturated heterocycles. The van der Waals surface area contributed by atoms with Gasteiger partial charge in [0.15, 0.2) is 23.1 Å². The monoisotopic (exact) mass is 717 g/mol. The number of hydrogen-bond acceptors (Lipinski definition) is 17. The highest BCUT2D eigenvalue weighted by Crippen LogP contribution is 2.57. The summed E-state index contributed by atoms with van der Waals surface area (Å²) >= 11 is 0. The number of aliphatic hydroxyl groups excluding tert-OH is 1. The summed E-state index contributed by atoms with van der Waals surface area (Å²) in [4.78, 5) is 36.4. The zero-order valence-electron chi connectivity index (χ0n) is 29.3. The van der Waals surface area contributed by atoms with Crippen LogP contribution >= 0.6 is 7.82 Å². The number of aliphatic hydroxyl groups is 1. The Morgan fingerprint density at radius 2 is 1.79 bits per heavy atom. The maximum atomic E-state index is 16.9. The molecule has 1 aliphatic rings. The van der Waals surface area contributed by atoms with Crippen LogP contribution in [0.1, 0.15) is 62.5 Å². The fraction of sp³-hybridized carbons (Fsp3) is 0.741. The zero-order chi connectivity index (χ0) is 37.1. The molecule has 2 N–H and O–H groups in total. The summed E-state index contributed by atoms with van der Waals surface area (Å²) in [6.07, 6.45) is -4.66. The summed E-state index contributed by atoms with van der Waals surface area (Å²) in [5, 5.41) is 7.18. The van der Waals surface area contributed by atoms with E-state index < -0.39 is 89.2 Å². The van der Waals surface area contributed by atoms with Crippen molar-refractivity contribution in [3.63, 3.8) is 0 Å². The number of aromatic nitrogens is 4. The summed E-state index contributed by atoms with van der Waals surface area (Å²) in [6.45, 7) is 5.31. The van der Waals surface area contributed by atoms with Crippen LogP contribution in [0.15, 0.2) is 6.33 Å². The Labute approximate surface area is 278 Å². The highest BCUT2D eigenvalue weighted by Gasteiger charge is 2.65. The number of halogens is 2. The molecule has 1 fully saturated rings. The lowest BCUT2D eigenvalue weighted by Gasteiger charge is -2.30. The number of nitrogens with one attached hydrogen (secondary N) is 1. The Kier molecular flexibility index (Phi) is 12.6. The van der Waals surface area contributed by atoms with E-state index in [4.69, 9.17) is 35.3 Å². The number of alkyl halides is 2. The van der Waals surface area contributed by atoms with Crippen LogP contribution in [0.25, 0.3) is 11.2 Å². The van der Waals surface area contributed by atoms with Crippen LogP contribution in [0.4, 0.5) is 24.3 Å². The zero-order valence-corrected chi connectivity index (χ0v) is 28.2. The second-order valence-corrected chi connectivity index (χ2v) is 12.5. The van der Waals surface area contributed by atoms with E-state index in [0.717, 1.165) is 17.8 Å². The van der Waals surface area contributed by atoms with Crippen LogP contribution in [0.3, 0.4) is 0 Å². The van der Waals surface area contributed by atoms with E-state index in [1.165, 1.54) is 27.7 Å². The van der Waals surface area contributed by atoms with Gasteiger partial charge in [-0.15, -0.1) is 0 Å². The third-order valence-electron chi connectivity index (χ3n) is 6.46. The summed E-state index contributed by atoms with van der Waals surface area (Å²) in [5.41, 5.74) is -2.52. The van der Waals surface area contributed by atoms with Gasteiger partial charge >= 0.3 is 20.1 Å². The van der Waals surface area contributed by atoms with Gasteiger partial charge in [0.1, 0.15) is 6.61 Å². The first-order chi connectivity index (χ1) is 23.6. The number of hydrogen-bond donors (Lipinski definition) is 2. The summed E-state index contributed by atoms with van der Waals surface area (Å²) in [7, 11) is -5.00. The number of rotatable bonds is 19. The molecule has 2 aromatic heterocycles. The molecule has 3 heterocycles. The van der Waals surface area contributed by atoms with Crippen LogP contribution in [-0.4, -0.2) is 102 Å². The third-order valence-corrected chi connectivity index (χ3v) is 7.75. The molecule has 0 amide bonds. The van der Waals surface area contributed by atoms with E-state index in [2.05, 4.69) is 34.9 Å². The normalized spacial score (nSPS) is 23.2. The summed E-state index contributed by atoms with van der Waals surface area (Å²) in [5.74, 6) is -4.81. The van der Waals surface area contributed by atoms with Crippen LogP contribution in [0, 0.1) is 5.92 Å². The fourth-order valence-corrected chi connectivity index (χ4v) is 5.48. The topological polar surface area (TPSA) is 210 Å². The van der Waals surface area contributed by atoms with Crippen LogP contribution in [-0.2, 0) is 41.8 Å². The second kappa shape index (κ2) is 16.8. The standard InChI is InChI=1S/C27H42F2N5O13P/c1-8-30-23-32-20-19(21(33-23)39-9-2)31-13-34(20)22-26(7,28)18(10-11-35)27(29,47-22)12-42-48(38,43-14-40-24(36)45-16(3)4)44-15-41-25(37)46-17(5)6/h13,16-18,22,35H,8-12,14-15H2,1-7H3,(H,30,32,33)/t18-,22?,26+,27+/m0/s1/i1T,35T. The number of imidazole rings is 1. The number of nitrogens with zero attached hydrogens (tertiary/aromatic N) is 4. The van der Waals surface area contributed by atoms with Crippen molar-refractivity contribution in [1.29, 1.82) is 1.43 Å². The minimum Gasteiger partial charge on any atom is -0.476 e. The second-order valence-electron chi connectivity index (χ2n) is 10.8. The smallest absolute Gasteiger partial charge is 0.476 e. The van der Waals surface area contributed by atoms with Gasteiger partial charge in [-0.2, -0.15) is 9.97 Å². The van der Waals surface area contributed by atoms with Crippen LogP contribution in [0.2, 0.25) is 0 Å². The van der Waals surface area contributed by atoms with E-state index in [-0.39, 0.29) is 43.0 Å². The van der Waals surface area contributed by atoms with E-state index in [0.29, 0.717) is 0 Å². The fourth-order valence-electron chi connectivity index (χ4n) is 4.56. The van der Waals surface area contributed by atoms with Gasteiger partial charge in [-0.3, -0.25) is 9.09 Å². The molecular formula is C27H42F2N5O13P. The Morgan fingerprint density at radius 3 is 2.35 bits per heavy atom. The van der Waals surface area contributed by atoms with Gasteiger partial charge < -0.3 is 38.8 Å². The molecule has 0 bridgehead atoms. The number of phosphoric ester groups is 1. The molecule has 2 aromatic rings. The predicted molar refractivity (Wildman–Crippen MR) is 160 cm³/mol. The molecule has 1 unspecified atom stereocenters. The highest BCUT2D eigenvalue weighted by atomic mass is 31.2. The summed E-state index contributed by atoms with van der Waals surface area (Å²) < 4.78 is 108. The molecule has 0 spiro atoms. The average Bonchev–Trinajstić information content (AvgIpc) is 3.53. The first-order valence-electron chi connectivity index (χ1n) is 15.9. The maximum Gasteiger partial charge on any atom is 0.510 e. The molecule has 48 heavy (non-hydrogen) atoms. The lowest BCUT2D eigenvalue weighted by molar-refractivity contribution is -0.194. The molecule has 0 aliphatic carbocycles. The van der Waals surface area contributed by atoms with Gasteiger partial charge in [0.2, 0.25) is 32.7 Å². The van der Waals surface area contributed by atoms with E-state index in [1.807, 2.05) is 0 Å². The summed E-state index contributed by atoms with van der Waals surface area (Å²) in [6, 6.07) is 0. The van der Waals surface area contributed by atoms with Crippen molar-refractivity contribution in [2.24, 2.45) is 5.92 Å². The number of fused-ring (bicyclic) bond motifs is 1. The molecule has 0 aromatic carbocycles. The lowest BCUT2D eigenvalue weighted by atomic mass is 9.84. The minimum absolute atomic E-state index is 0.0113. The third kappa shape index (κ3) is 9.82. The molecule has 1 aliphatic heterocycles. The molecule has 21 heteroatoms. The predicted octanol–water partition coefficient (Wildman–Crippen LogP) is 4.77. The SMILES string of the molecule is [3H]CCNc1nc(OCC)c2ncn(C3O[C@](F)(COP(=O)(OCOC(=O)OC(C)C)OCOC(=O)OC(C)C)[C@@H](CCO[3H])[C@@]3(C)F)c2n1. The molecule has 272 valence electrons. The Morgan fingerprint density at radius 1 is 1.15 bits per heavy atom. The largest absolute Gasteiger partial charge is 0.510 e. The molecule has 4 atom stereocenters. The molecule has 0 saturated carbocycles. The van der Waals surface area contributed by atoms with Gasteiger partial charge in [0, 0.05) is 14.5 Å². The van der Waals surface area contributed by atoms with Crippen molar-refractivity contribution < 1.29 is 71.4 Å². The molecule has 18 nitrogen and oxygen atoms in total. The van der Waals surface area contributed by atoms with E-state index >= 15 is 8.78 Å². The minimum atomic E-state index is -5.00. The van der Waals surface area contributed by atoms with Crippen molar-refractivity contribution >= 4 is 37.2 Å². The molecular weight excluding hydrogens is 671 g/mol. The van der Waals surface area contributed by atoms with Gasteiger partial charge in [0.25, 0.3) is 0 Å². The van der Waals surface area contributed by atoms with E-state index in [1.54, 1.807) is 6.92 Å². The van der Waals surface area contributed by atoms with Gasteiger partial charge in [-0.1, -0.05) is 0 Å². The van der Waals surface area contributed by atoms with Crippen molar-refractivity contribution in [1.82, 2.24) is 19.5 Å². The number of anilines is 1. The van der Waals surface area contributed by atoms with Gasteiger partial charge in [-0.05, 0) is 54.9 Å². The Bertz CT molecular complexity index is 1440. The quantitative estimate of drug-likeness (QED) is 0.114. The van der Waals surface area contributed by atoms with Gasteiger partial charge in [-0.25, -0.2) is 37.0 Å². The van der Waals surface area contributed by atoms with Crippen molar-refractivity contribution in [3.05, 3.63) is 6.33 Å². The van der Waals surface area contributed by atoms with Crippen molar-refractivity contribution in [2.75, 3.05) is 45.3 Å². The van der Waals surface area contributed by atoms with Gasteiger partial charge in [0.05, 0.1) is 31.1 Å². The number of carbonyl (C=O) groups is 2. The van der Waals surface area contributed by atoms with E-state index in [9.17, 15) is 14.2 Å². The highest BCUT2D eigenvalue weighted by molar-refractivity contribution is 7.48. The maximum absolute atomic E-state index is 16.9. The first-order valence-corrected chi connectivity index (χ1v) is 16.3. The lowest BCUT2D eigenvalue weighted by Crippen LogP contribution is -2.42. The molecule has 3 rings (SSSR count). The molecule has 0 radical (unpaired) electrons. The van der Waals surface area contributed by atoms with Crippen molar-refractivity contribution in [3.8, 4) is 5.88 Å². The Hall–Kier alpha value is -3.42. The average molecular weight is 718 g/mol. The first kappa shape index (κ1) is 35.9. The number of phosphoric acid groups is 1. The number of ether oxygens (including phenoxy) is 6. The van der Waals surface area contributed by atoms with Crippen molar-refractivity contribution in [2.45, 2.75) is 84.8 Å². The van der Waals surface area contributed by atoms with Crippen LogP contribution < -0.4 is 10.1 Å². The Balaban J connectivity index is 1.92. The van der Waals surface area contributed by atoms with Crippen LogP contribution in [0.5, 0.6) is 5.88 Å². The number of carbonyl (C=O) groups excluding carboxylic acids is 2.